The Hall–Kier alpha value is -0.160. The lowest BCUT2D eigenvalue weighted by Crippen LogP contribution is -2.39. The van der Waals surface area contributed by atoms with Gasteiger partial charge in [0.1, 0.15) is 12.2 Å². The van der Waals surface area contributed by atoms with Crippen molar-refractivity contribution in [3.63, 3.8) is 0 Å². The maximum Gasteiger partial charge on any atom is 0.172 e. The fourth-order valence-electron chi connectivity index (χ4n) is 4.64. The summed E-state index contributed by atoms with van der Waals surface area (Å²) < 4.78 is 26.0. The Balaban J connectivity index is 1.67. The summed E-state index contributed by atoms with van der Waals surface area (Å²) in [5.41, 5.74) is -0.166. The van der Waals surface area contributed by atoms with Gasteiger partial charge in [-0.15, -0.1) is 0 Å². The first-order chi connectivity index (χ1) is 12.8. The minimum atomic E-state index is -0.366. The van der Waals surface area contributed by atoms with Gasteiger partial charge in [-0.1, -0.05) is 27.7 Å². The van der Waals surface area contributed by atoms with Gasteiger partial charge in [0.15, 0.2) is 5.79 Å². The van der Waals surface area contributed by atoms with Crippen molar-refractivity contribution < 1.29 is 18.9 Å². The molecule has 0 N–H and O–H groups in total. The fourth-order valence-corrected chi connectivity index (χ4v) is 4.64. The number of fused-ring (bicyclic) bond motifs is 2. The van der Waals surface area contributed by atoms with E-state index in [1.807, 2.05) is 0 Å². The predicted molar refractivity (Wildman–Crippen MR) is 108 cm³/mol. The molecule has 4 nitrogen and oxygen atoms in total. The van der Waals surface area contributed by atoms with E-state index in [0.29, 0.717) is 19.1 Å². The van der Waals surface area contributed by atoms with Crippen molar-refractivity contribution in [3.05, 3.63) is 0 Å². The zero-order valence-corrected chi connectivity index (χ0v) is 18.5. The first-order valence-corrected chi connectivity index (χ1v) is 11.5. The van der Waals surface area contributed by atoms with Gasteiger partial charge in [-0.3, -0.25) is 0 Å². The summed E-state index contributed by atoms with van der Waals surface area (Å²) in [6.45, 7) is 14.4. The Bertz CT molecular complexity index is 453. The van der Waals surface area contributed by atoms with Crippen molar-refractivity contribution >= 4 is 0 Å². The Morgan fingerprint density at radius 2 is 1.33 bits per heavy atom. The standard InChI is InChI=1S/C23H42O4/c1-7-21(5,8-2)24-15-19-20(16-25-22(6,9-3)10-4)27-23(26-19)13-11-12-17-14-18(17)23/h17-20H,7-16H2,1-6H3/t17-,18+,19-,20-/m0/s1. The zero-order chi connectivity index (χ0) is 19.7. The molecule has 0 aromatic heterocycles. The van der Waals surface area contributed by atoms with Crippen molar-refractivity contribution in [1.82, 2.24) is 0 Å². The summed E-state index contributed by atoms with van der Waals surface area (Å²) in [5, 5.41) is 0. The zero-order valence-electron chi connectivity index (χ0n) is 18.5. The normalized spacial score (nSPS) is 32.7. The molecule has 2 saturated carbocycles. The van der Waals surface area contributed by atoms with Crippen LogP contribution in [-0.4, -0.2) is 42.4 Å². The van der Waals surface area contributed by atoms with E-state index in [1.165, 1.54) is 19.3 Å². The van der Waals surface area contributed by atoms with Crippen LogP contribution >= 0.6 is 0 Å². The summed E-state index contributed by atoms with van der Waals surface area (Å²) in [4.78, 5) is 0. The molecule has 3 rings (SSSR count). The van der Waals surface area contributed by atoms with Crippen molar-refractivity contribution in [1.29, 1.82) is 0 Å². The van der Waals surface area contributed by atoms with E-state index in [0.717, 1.165) is 38.0 Å². The molecule has 0 unspecified atom stereocenters. The highest BCUT2D eigenvalue weighted by atomic mass is 16.8. The van der Waals surface area contributed by atoms with Gasteiger partial charge in [0.05, 0.1) is 24.4 Å². The van der Waals surface area contributed by atoms with Crippen molar-refractivity contribution in [2.45, 2.75) is 122 Å². The second-order valence-electron chi connectivity index (χ2n) is 9.55. The van der Waals surface area contributed by atoms with Gasteiger partial charge in [-0.2, -0.15) is 0 Å². The van der Waals surface area contributed by atoms with E-state index in [-0.39, 0.29) is 29.2 Å². The molecule has 4 atom stereocenters. The first-order valence-electron chi connectivity index (χ1n) is 11.5. The van der Waals surface area contributed by atoms with Gasteiger partial charge in [-0.25, -0.2) is 0 Å². The van der Waals surface area contributed by atoms with Crippen LogP contribution in [0.5, 0.6) is 0 Å². The molecular formula is C23H42O4. The topological polar surface area (TPSA) is 36.9 Å². The van der Waals surface area contributed by atoms with E-state index in [1.54, 1.807) is 0 Å². The van der Waals surface area contributed by atoms with Crippen LogP contribution in [0.2, 0.25) is 0 Å². The van der Waals surface area contributed by atoms with Crippen LogP contribution in [0, 0.1) is 11.8 Å². The highest BCUT2D eigenvalue weighted by Gasteiger charge is 2.62. The lowest BCUT2D eigenvalue weighted by atomic mass is 9.94. The number of rotatable bonds is 10. The van der Waals surface area contributed by atoms with Crippen LogP contribution in [-0.2, 0) is 18.9 Å². The molecule has 158 valence electrons. The van der Waals surface area contributed by atoms with Gasteiger partial charge in [0, 0.05) is 12.3 Å². The van der Waals surface area contributed by atoms with E-state index in [9.17, 15) is 0 Å². The van der Waals surface area contributed by atoms with Crippen LogP contribution in [0.4, 0.5) is 0 Å². The van der Waals surface area contributed by atoms with Gasteiger partial charge in [0.2, 0.25) is 0 Å². The molecule has 0 radical (unpaired) electrons. The highest BCUT2D eigenvalue weighted by molar-refractivity contribution is 5.04. The van der Waals surface area contributed by atoms with Crippen LogP contribution in [0.1, 0.15) is 92.9 Å². The average molecular weight is 383 g/mol. The number of hydrogen-bond donors (Lipinski definition) is 0. The number of hydrogen-bond acceptors (Lipinski definition) is 4. The molecule has 1 saturated heterocycles. The lowest BCUT2D eigenvalue weighted by Gasteiger charge is -2.33. The fraction of sp³-hybridized carbons (Fsp3) is 1.00. The summed E-state index contributed by atoms with van der Waals surface area (Å²) in [7, 11) is 0. The maximum absolute atomic E-state index is 6.65. The van der Waals surface area contributed by atoms with E-state index in [4.69, 9.17) is 18.9 Å². The molecule has 1 aliphatic heterocycles. The highest BCUT2D eigenvalue weighted by Crippen LogP contribution is 2.59. The van der Waals surface area contributed by atoms with Crippen LogP contribution in [0.15, 0.2) is 0 Å². The Kier molecular flexibility index (Phi) is 6.62. The molecule has 0 aromatic rings. The van der Waals surface area contributed by atoms with Gasteiger partial charge in [0.25, 0.3) is 0 Å². The third-order valence-electron chi connectivity index (χ3n) is 7.89. The van der Waals surface area contributed by atoms with E-state index >= 15 is 0 Å². The SMILES string of the molecule is CCC(C)(CC)OC[C@@H]1OC2(CCC[C@H]3C[C@H]32)O[C@H]1COC(C)(CC)CC. The molecule has 0 amide bonds. The maximum atomic E-state index is 6.65. The minimum absolute atomic E-state index is 0.0280. The molecule has 2 aliphatic carbocycles. The quantitative estimate of drug-likeness (QED) is 0.501. The molecule has 1 heterocycles. The van der Waals surface area contributed by atoms with Gasteiger partial charge < -0.3 is 18.9 Å². The summed E-state index contributed by atoms with van der Waals surface area (Å²) in [6.07, 6.45) is 8.84. The average Bonchev–Trinajstić information content (AvgIpc) is 3.42. The molecule has 0 aromatic carbocycles. The molecule has 3 aliphatic rings. The second-order valence-corrected chi connectivity index (χ2v) is 9.55. The third-order valence-corrected chi connectivity index (χ3v) is 7.89. The monoisotopic (exact) mass is 382 g/mol. The largest absolute Gasteiger partial charge is 0.373 e. The molecule has 1 spiro atoms. The smallest absolute Gasteiger partial charge is 0.172 e. The van der Waals surface area contributed by atoms with Crippen molar-refractivity contribution in [2.75, 3.05) is 13.2 Å². The Morgan fingerprint density at radius 3 is 1.78 bits per heavy atom. The molecule has 0 bridgehead atoms. The summed E-state index contributed by atoms with van der Waals surface area (Å²) >= 11 is 0. The predicted octanol–water partition coefficient (Wildman–Crippen LogP) is 5.48. The molecule has 4 heteroatoms. The minimum Gasteiger partial charge on any atom is -0.373 e. The van der Waals surface area contributed by atoms with Crippen molar-refractivity contribution in [3.8, 4) is 0 Å². The first kappa shape index (κ1) is 21.5. The van der Waals surface area contributed by atoms with E-state index in [2.05, 4.69) is 41.5 Å². The second kappa shape index (κ2) is 8.30. The van der Waals surface area contributed by atoms with Crippen molar-refractivity contribution in [2.24, 2.45) is 11.8 Å². The van der Waals surface area contributed by atoms with Gasteiger partial charge in [-0.05, 0) is 64.7 Å². The summed E-state index contributed by atoms with van der Waals surface area (Å²) in [5.74, 6) is 1.04. The van der Waals surface area contributed by atoms with Gasteiger partial charge >= 0.3 is 0 Å². The number of ether oxygens (including phenoxy) is 4. The third kappa shape index (κ3) is 4.55. The van der Waals surface area contributed by atoms with Crippen LogP contribution in [0.3, 0.4) is 0 Å². The Morgan fingerprint density at radius 1 is 0.852 bits per heavy atom. The van der Waals surface area contributed by atoms with Crippen LogP contribution < -0.4 is 0 Å². The molecule has 3 fully saturated rings. The Labute approximate surface area is 166 Å². The summed E-state index contributed by atoms with van der Waals surface area (Å²) in [6, 6.07) is 0. The van der Waals surface area contributed by atoms with Crippen LogP contribution in [0.25, 0.3) is 0 Å². The molecule has 27 heavy (non-hydrogen) atoms. The molecular weight excluding hydrogens is 340 g/mol. The lowest BCUT2D eigenvalue weighted by molar-refractivity contribution is -0.215. The van der Waals surface area contributed by atoms with E-state index < -0.39 is 0 Å².